The summed E-state index contributed by atoms with van der Waals surface area (Å²) < 4.78 is 18.3. The predicted molar refractivity (Wildman–Crippen MR) is 106 cm³/mol. The molecule has 2 heterocycles. The second kappa shape index (κ2) is 5.88. The highest BCUT2D eigenvalue weighted by Gasteiger charge is 2.76. The van der Waals surface area contributed by atoms with E-state index in [1.807, 2.05) is 6.07 Å². The van der Waals surface area contributed by atoms with Gasteiger partial charge in [-0.2, -0.15) is 0 Å². The molecule has 4 unspecified atom stereocenters. The molecule has 0 aromatic heterocycles. The van der Waals surface area contributed by atoms with Crippen LogP contribution in [-0.2, 0) is 21.3 Å². The third kappa shape index (κ3) is 2.02. The van der Waals surface area contributed by atoms with E-state index in [0.29, 0.717) is 18.6 Å². The van der Waals surface area contributed by atoms with E-state index in [4.69, 9.17) is 14.2 Å². The van der Waals surface area contributed by atoms with Gasteiger partial charge in [-0.05, 0) is 56.2 Å². The molecule has 158 valence electrons. The number of rotatable bonds is 4. The Morgan fingerprint density at radius 1 is 1.17 bits per heavy atom. The lowest BCUT2D eigenvalue weighted by molar-refractivity contribution is -0.319. The van der Waals surface area contributed by atoms with Crippen LogP contribution in [0.5, 0.6) is 11.5 Å². The highest BCUT2D eigenvalue weighted by Crippen LogP contribution is 2.67. The molecule has 2 saturated carbocycles. The van der Waals surface area contributed by atoms with E-state index in [9.17, 15) is 10.2 Å². The summed E-state index contributed by atoms with van der Waals surface area (Å²) in [5.41, 5.74) is 0.672. The first-order chi connectivity index (χ1) is 14.0. The zero-order chi connectivity index (χ0) is 20.0. The normalized spacial score (nSPS) is 39.6. The van der Waals surface area contributed by atoms with E-state index in [1.54, 1.807) is 20.3 Å². The van der Waals surface area contributed by atoms with Crippen LogP contribution in [0.2, 0.25) is 0 Å². The molecule has 2 aliphatic heterocycles. The average Bonchev–Trinajstić information content (AvgIpc) is 3.04. The Morgan fingerprint density at radius 3 is 2.66 bits per heavy atom. The van der Waals surface area contributed by atoms with Crippen LogP contribution < -0.4 is 4.74 Å². The van der Waals surface area contributed by atoms with Gasteiger partial charge in [-0.25, -0.2) is 0 Å². The zero-order valence-electron chi connectivity index (χ0n) is 17.3. The molecule has 2 N–H and O–H groups in total. The SMILES string of the molecule is COC1(OC)CCC2(O)C3Cc4ccc(O)c5c4C2(CCN3CC2CCC2)C1O5. The lowest BCUT2D eigenvalue weighted by atomic mass is 9.48. The molecular formula is C23H31NO5. The van der Waals surface area contributed by atoms with Crippen molar-refractivity contribution in [2.24, 2.45) is 5.92 Å². The van der Waals surface area contributed by atoms with Crippen LogP contribution in [0.1, 0.15) is 49.7 Å². The van der Waals surface area contributed by atoms with E-state index >= 15 is 0 Å². The summed E-state index contributed by atoms with van der Waals surface area (Å²) in [6.07, 6.45) is 6.25. The minimum Gasteiger partial charge on any atom is -0.504 e. The number of hydrogen-bond donors (Lipinski definition) is 2. The molecular weight excluding hydrogens is 370 g/mol. The molecule has 29 heavy (non-hydrogen) atoms. The third-order valence-corrected chi connectivity index (χ3v) is 8.99. The van der Waals surface area contributed by atoms with Gasteiger partial charge in [-0.3, -0.25) is 4.90 Å². The van der Waals surface area contributed by atoms with E-state index in [1.165, 1.54) is 24.8 Å². The van der Waals surface area contributed by atoms with E-state index in [2.05, 4.69) is 4.90 Å². The molecule has 2 bridgehead atoms. The summed E-state index contributed by atoms with van der Waals surface area (Å²) in [5.74, 6) is 0.511. The Balaban J connectivity index is 1.53. The second-order valence-electron chi connectivity index (χ2n) is 9.82. The molecule has 3 aliphatic carbocycles. The van der Waals surface area contributed by atoms with Crippen LogP contribution in [0.15, 0.2) is 12.1 Å². The molecule has 0 radical (unpaired) electrons. The Hall–Kier alpha value is -1.34. The fourth-order valence-electron chi connectivity index (χ4n) is 7.32. The molecule has 3 fully saturated rings. The van der Waals surface area contributed by atoms with Crippen molar-refractivity contribution >= 4 is 0 Å². The van der Waals surface area contributed by atoms with Gasteiger partial charge in [0.2, 0.25) is 5.79 Å². The van der Waals surface area contributed by atoms with Gasteiger partial charge < -0.3 is 24.4 Å². The molecule has 6 heteroatoms. The number of benzene rings is 1. The Bertz CT molecular complexity index is 850. The molecule has 1 spiro atoms. The second-order valence-corrected chi connectivity index (χ2v) is 9.82. The summed E-state index contributed by atoms with van der Waals surface area (Å²) in [7, 11) is 3.31. The number of ether oxygens (including phenoxy) is 3. The monoisotopic (exact) mass is 401 g/mol. The molecule has 0 amide bonds. The van der Waals surface area contributed by atoms with Crippen molar-refractivity contribution in [3.63, 3.8) is 0 Å². The topological polar surface area (TPSA) is 71.4 Å². The van der Waals surface area contributed by atoms with Gasteiger partial charge in [0.1, 0.15) is 0 Å². The summed E-state index contributed by atoms with van der Waals surface area (Å²) in [4.78, 5) is 2.55. The Morgan fingerprint density at radius 2 is 1.97 bits per heavy atom. The third-order valence-electron chi connectivity index (χ3n) is 8.99. The lowest BCUT2D eigenvalue weighted by Crippen LogP contribution is -2.79. The predicted octanol–water partition coefficient (Wildman–Crippen LogP) is 2.34. The Labute approximate surface area is 171 Å². The van der Waals surface area contributed by atoms with Crippen molar-refractivity contribution in [2.75, 3.05) is 27.3 Å². The standard InChI is InChI=1S/C23H31NO5/c1-27-23(28-2)9-8-22(26)17-12-15-6-7-16(25)19-18(15)21(22,20(23)29-19)10-11-24(17)13-14-4-3-5-14/h6-7,14,17,20,25-26H,3-5,8-13H2,1-2H3. The van der Waals surface area contributed by atoms with Crippen LogP contribution in [0.3, 0.4) is 0 Å². The first-order valence-corrected chi connectivity index (χ1v) is 11.1. The molecule has 4 atom stereocenters. The first kappa shape index (κ1) is 18.4. The van der Waals surface area contributed by atoms with Gasteiger partial charge in [0, 0.05) is 38.8 Å². The summed E-state index contributed by atoms with van der Waals surface area (Å²) in [6, 6.07) is 3.83. The number of phenols is 1. The van der Waals surface area contributed by atoms with Crippen LogP contribution in [0, 0.1) is 5.92 Å². The Kier molecular flexibility index (Phi) is 3.73. The van der Waals surface area contributed by atoms with Crippen LogP contribution in [0.25, 0.3) is 0 Å². The smallest absolute Gasteiger partial charge is 0.206 e. The van der Waals surface area contributed by atoms with Gasteiger partial charge in [0.25, 0.3) is 0 Å². The average molecular weight is 402 g/mol. The van der Waals surface area contributed by atoms with Crippen LogP contribution in [-0.4, -0.2) is 66.0 Å². The first-order valence-electron chi connectivity index (χ1n) is 11.1. The van der Waals surface area contributed by atoms with Crippen molar-refractivity contribution in [3.05, 3.63) is 23.3 Å². The maximum absolute atomic E-state index is 12.4. The molecule has 5 aliphatic rings. The number of hydrogen-bond acceptors (Lipinski definition) is 6. The van der Waals surface area contributed by atoms with Gasteiger partial charge in [0.05, 0.1) is 11.0 Å². The maximum atomic E-state index is 12.4. The molecule has 6 rings (SSSR count). The van der Waals surface area contributed by atoms with E-state index < -0.39 is 22.9 Å². The highest BCUT2D eigenvalue weighted by molar-refractivity contribution is 5.62. The number of piperidine rings is 1. The number of aromatic hydroxyl groups is 1. The fraction of sp³-hybridized carbons (Fsp3) is 0.739. The number of methoxy groups -OCH3 is 2. The van der Waals surface area contributed by atoms with Crippen molar-refractivity contribution in [1.29, 1.82) is 0 Å². The highest BCUT2D eigenvalue weighted by atomic mass is 16.7. The van der Waals surface area contributed by atoms with E-state index in [-0.39, 0.29) is 11.8 Å². The van der Waals surface area contributed by atoms with Crippen LogP contribution >= 0.6 is 0 Å². The van der Waals surface area contributed by atoms with Gasteiger partial charge in [-0.1, -0.05) is 12.5 Å². The summed E-state index contributed by atoms with van der Waals surface area (Å²) >= 11 is 0. The lowest BCUT2D eigenvalue weighted by Gasteiger charge is -2.65. The number of phenolic OH excluding ortho intramolecular Hbond substituents is 1. The van der Waals surface area contributed by atoms with Gasteiger partial charge >= 0.3 is 0 Å². The number of nitrogens with zero attached hydrogens (tertiary/aromatic N) is 1. The van der Waals surface area contributed by atoms with Crippen LogP contribution in [0.4, 0.5) is 0 Å². The summed E-state index contributed by atoms with van der Waals surface area (Å²) in [5, 5.41) is 23.0. The minimum absolute atomic E-state index is 0.0673. The van der Waals surface area contributed by atoms with Gasteiger partial charge in [0.15, 0.2) is 17.6 Å². The molecule has 1 aromatic carbocycles. The number of likely N-dealkylation sites (tertiary alicyclic amines) is 1. The summed E-state index contributed by atoms with van der Waals surface area (Å²) in [6.45, 7) is 2.01. The van der Waals surface area contributed by atoms with Crippen molar-refractivity contribution < 1.29 is 24.4 Å². The van der Waals surface area contributed by atoms with Crippen molar-refractivity contribution in [3.8, 4) is 11.5 Å². The van der Waals surface area contributed by atoms with Gasteiger partial charge in [-0.15, -0.1) is 0 Å². The zero-order valence-corrected chi connectivity index (χ0v) is 17.3. The fourth-order valence-corrected chi connectivity index (χ4v) is 7.32. The molecule has 1 aromatic rings. The molecule has 1 saturated heterocycles. The molecule has 6 nitrogen and oxygen atoms in total. The van der Waals surface area contributed by atoms with E-state index in [0.717, 1.165) is 37.4 Å². The minimum atomic E-state index is -0.924. The maximum Gasteiger partial charge on any atom is 0.206 e. The largest absolute Gasteiger partial charge is 0.504 e. The van der Waals surface area contributed by atoms with Crippen molar-refractivity contribution in [2.45, 2.75) is 73.9 Å². The number of aliphatic hydroxyl groups is 1. The quantitative estimate of drug-likeness (QED) is 0.755. The van der Waals surface area contributed by atoms with Crippen molar-refractivity contribution in [1.82, 2.24) is 4.90 Å².